The minimum Gasteiger partial charge on any atom is -0.393 e. The van der Waals surface area contributed by atoms with Gasteiger partial charge < -0.3 is 5.11 Å². The van der Waals surface area contributed by atoms with Crippen LogP contribution in [0.25, 0.3) is 0 Å². The first kappa shape index (κ1) is 22.9. The minimum absolute atomic E-state index is 0.0337. The van der Waals surface area contributed by atoms with Gasteiger partial charge in [0.05, 0.1) is 6.10 Å². The number of fused-ring (bicyclic) bond motifs is 4. The van der Waals surface area contributed by atoms with Gasteiger partial charge in [-0.3, -0.25) is 0 Å². The molecule has 1 nitrogen and oxygen atoms in total. The van der Waals surface area contributed by atoms with Gasteiger partial charge in [-0.25, -0.2) is 0 Å². The second kappa shape index (κ2) is 8.57. The molecule has 172 valence electrons. The SMILES string of the molecule is CC[C@@H](CC[C@@H](C)[C@H]1CC[C@H]2C3=C(CC[C@]12C)[C@@]1(C)CC[C@H](O)CC1CC3)C(C)C. The summed E-state index contributed by atoms with van der Waals surface area (Å²) in [5, 5.41) is 10.3. The van der Waals surface area contributed by atoms with Gasteiger partial charge in [-0.1, -0.05) is 65.5 Å². The summed E-state index contributed by atoms with van der Waals surface area (Å²) in [5.41, 5.74) is 4.76. The lowest BCUT2D eigenvalue weighted by Crippen LogP contribution is -2.45. The van der Waals surface area contributed by atoms with Crippen molar-refractivity contribution in [2.24, 2.45) is 46.3 Å². The Morgan fingerprint density at radius 1 is 0.967 bits per heavy atom. The Labute approximate surface area is 187 Å². The molecule has 0 radical (unpaired) electrons. The summed E-state index contributed by atoms with van der Waals surface area (Å²) < 4.78 is 0. The molecular weight excluding hydrogens is 364 g/mol. The molecule has 4 aliphatic carbocycles. The second-order valence-corrected chi connectivity index (χ2v) is 12.8. The Morgan fingerprint density at radius 3 is 2.43 bits per heavy atom. The highest BCUT2D eigenvalue weighted by molar-refractivity contribution is 5.34. The fourth-order valence-corrected chi connectivity index (χ4v) is 9.10. The molecular formula is C29H50O. The first-order chi connectivity index (χ1) is 14.2. The van der Waals surface area contributed by atoms with Crippen molar-refractivity contribution in [1.82, 2.24) is 0 Å². The molecule has 4 aliphatic rings. The van der Waals surface area contributed by atoms with Crippen LogP contribution in [0.3, 0.4) is 0 Å². The van der Waals surface area contributed by atoms with Crippen LogP contribution < -0.4 is 0 Å². The third kappa shape index (κ3) is 3.74. The Balaban J connectivity index is 1.50. The normalized spacial score (nSPS) is 43.2. The molecule has 0 heterocycles. The van der Waals surface area contributed by atoms with Crippen molar-refractivity contribution in [3.63, 3.8) is 0 Å². The molecule has 0 amide bonds. The van der Waals surface area contributed by atoms with Crippen molar-refractivity contribution >= 4 is 0 Å². The highest BCUT2D eigenvalue weighted by atomic mass is 16.3. The maximum absolute atomic E-state index is 10.3. The summed E-state index contributed by atoms with van der Waals surface area (Å²) in [6.45, 7) is 15.1. The Bertz CT molecular complexity index is 647. The van der Waals surface area contributed by atoms with Crippen molar-refractivity contribution in [2.75, 3.05) is 0 Å². The van der Waals surface area contributed by atoms with Crippen molar-refractivity contribution in [1.29, 1.82) is 0 Å². The zero-order valence-corrected chi connectivity index (χ0v) is 21.0. The van der Waals surface area contributed by atoms with E-state index in [0.29, 0.717) is 10.8 Å². The fraction of sp³-hybridized carbons (Fsp3) is 0.931. The third-order valence-corrected chi connectivity index (χ3v) is 11.2. The predicted molar refractivity (Wildman–Crippen MR) is 128 cm³/mol. The highest BCUT2D eigenvalue weighted by Gasteiger charge is 2.55. The molecule has 2 saturated carbocycles. The number of hydrogen-bond acceptors (Lipinski definition) is 1. The average Bonchev–Trinajstić information content (AvgIpc) is 3.06. The van der Waals surface area contributed by atoms with Crippen LogP contribution in [0.1, 0.15) is 119 Å². The predicted octanol–water partition coefficient (Wildman–Crippen LogP) is 8.17. The van der Waals surface area contributed by atoms with Gasteiger partial charge in [-0.05, 0) is 111 Å². The van der Waals surface area contributed by atoms with Gasteiger partial charge in [0.25, 0.3) is 0 Å². The van der Waals surface area contributed by atoms with Crippen LogP contribution in [0.4, 0.5) is 0 Å². The molecule has 8 atom stereocenters. The molecule has 2 fully saturated rings. The fourth-order valence-electron chi connectivity index (χ4n) is 9.10. The van der Waals surface area contributed by atoms with Crippen LogP contribution in [0, 0.1) is 46.3 Å². The molecule has 0 aromatic carbocycles. The second-order valence-electron chi connectivity index (χ2n) is 12.8. The summed E-state index contributed by atoms with van der Waals surface area (Å²) in [6, 6.07) is 0. The molecule has 1 N–H and O–H groups in total. The van der Waals surface area contributed by atoms with Crippen LogP contribution in [0.5, 0.6) is 0 Å². The average molecular weight is 415 g/mol. The number of aliphatic hydroxyl groups is 1. The van der Waals surface area contributed by atoms with E-state index in [0.717, 1.165) is 48.3 Å². The van der Waals surface area contributed by atoms with Gasteiger partial charge in [-0.15, -0.1) is 0 Å². The molecule has 0 aromatic rings. The standard InChI is InChI=1S/C29H50O/c1-7-21(19(2)3)9-8-20(4)25-12-13-26-24-11-10-22-18-23(30)14-16-28(22,5)27(24)15-17-29(25,26)6/h19-23,25-26,30H,7-18H2,1-6H3/t20-,21+,22?,23+,25-,26+,28+,29-/m1/s1. The van der Waals surface area contributed by atoms with Crippen LogP contribution in [-0.2, 0) is 0 Å². The van der Waals surface area contributed by atoms with E-state index in [1.165, 1.54) is 64.2 Å². The number of allylic oxidation sites excluding steroid dienone is 2. The molecule has 30 heavy (non-hydrogen) atoms. The topological polar surface area (TPSA) is 20.2 Å². The Morgan fingerprint density at radius 2 is 1.73 bits per heavy atom. The van der Waals surface area contributed by atoms with E-state index in [9.17, 15) is 5.11 Å². The van der Waals surface area contributed by atoms with E-state index < -0.39 is 0 Å². The smallest absolute Gasteiger partial charge is 0.0543 e. The molecule has 1 heteroatoms. The monoisotopic (exact) mass is 414 g/mol. The van der Waals surface area contributed by atoms with E-state index in [2.05, 4.69) is 41.5 Å². The van der Waals surface area contributed by atoms with Gasteiger partial charge >= 0.3 is 0 Å². The largest absolute Gasteiger partial charge is 0.393 e. The minimum atomic E-state index is -0.0337. The first-order valence-corrected chi connectivity index (χ1v) is 13.6. The maximum atomic E-state index is 10.3. The summed E-state index contributed by atoms with van der Waals surface area (Å²) in [7, 11) is 0. The van der Waals surface area contributed by atoms with Crippen molar-refractivity contribution in [2.45, 2.75) is 125 Å². The Hall–Kier alpha value is -0.300. The van der Waals surface area contributed by atoms with Crippen molar-refractivity contribution in [3.8, 4) is 0 Å². The summed E-state index contributed by atoms with van der Waals surface area (Å²) >= 11 is 0. The number of hydrogen-bond donors (Lipinski definition) is 1. The van der Waals surface area contributed by atoms with Gasteiger partial charge in [-0.2, -0.15) is 0 Å². The molecule has 0 bridgehead atoms. The van der Waals surface area contributed by atoms with Gasteiger partial charge in [0.1, 0.15) is 0 Å². The molecule has 0 aliphatic heterocycles. The van der Waals surface area contributed by atoms with E-state index in [-0.39, 0.29) is 6.10 Å². The highest BCUT2D eigenvalue weighted by Crippen LogP contribution is 2.66. The zero-order chi connectivity index (χ0) is 21.7. The van der Waals surface area contributed by atoms with E-state index in [1.54, 1.807) is 0 Å². The van der Waals surface area contributed by atoms with E-state index in [1.807, 2.05) is 11.1 Å². The van der Waals surface area contributed by atoms with Crippen molar-refractivity contribution in [3.05, 3.63) is 11.1 Å². The quantitative estimate of drug-likeness (QED) is 0.434. The van der Waals surface area contributed by atoms with Gasteiger partial charge in [0.15, 0.2) is 0 Å². The maximum Gasteiger partial charge on any atom is 0.0543 e. The van der Waals surface area contributed by atoms with E-state index >= 15 is 0 Å². The molecule has 4 rings (SSSR count). The molecule has 0 spiro atoms. The summed E-state index contributed by atoms with van der Waals surface area (Å²) in [5.74, 6) is 5.16. The van der Waals surface area contributed by atoms with Crippen LogP contribution in [0.15, 0.2) is 11.1 Å². The number of rotatable bonds is 6. The van der Waals surface area contributed by atoms with Crippen molar-refractivity contribution < 1.29 is 5.11 Å². The third-order valence-electron chi connectivity index (χ3n) is 11.2. The molecule has 0 saturated heterocycles. The number of aliphatic hydroxyl groups excluding tert-OH is 1. The molecule has 1 unspecified atom stereocenters. The summed E-state index contributed by atoms with van der Waals surface area (Å²) in [4.78, 5) is 0. The summed E-state index contributed by atoms with van der Waals surface area (Å²) in [6.07, 6.45) is 15.9. The molecule has 0 aromatic heterocycles. The first-order valence-electron chi connectivity index (χ1n) is 13.6. The lowest BCUT2D eigenvalue weighted by molar-refractivity contribution is 0.0131. The van der Waals surface area contributed by atoms with Crippen LogP contribution >= 0.6 is 0 Å². The zero-order valence-electron chi connectivity index (χ0n) is 21.0. The van der Waals surface area contributed by atoms with Gasteiger partial charge in [0.2, 0.25) is 0 Å². The lowest BCUT2D eigenvalue weighted by atomic mass is 9.50. The Kier molecular flexibility index (Phi) is 6.53. The van der Waals surface area contributed by atoms with Crippen LogP contribution in [-0.4, -0.2) is 11.2 Å². The van der Waals surface area contributed by atoms with Gasteiger partial charge in [0, 0.05) is 0 Å². The van der Waals surface area contributed by atoms with Crippen LogP contribution in [0.2, 0.25) is 0 Å². The van der Waals surface area contributed by atoms with E-state index in [4.69, 9.17) is 0 Å². The lowest BCUT2D eigenvalue weighted by Gasteiger charge is -2.55.